The molecule has 2 rings (SSSR count). The van der Waals surface area contributed by atoms with Crippen molar-refractivity contribution in [1.82, 2.24) is 5.32 Å². The second-order valence-corrected chi connectivity index (χ2v) is 4.66. The molecule has 2 aromatic rings. The highest BCUT2D eigenvalue weighted by atomic mass is 32.1. The molecular weight excluding hydrogens is 306 g/mol. The Bertz CT molecular complexity index is 658. The predicted molar refractivity (Wildman–Crippen MR) is 86.0 cm³/mol. The molecule has 1 aromatic heterocycles. The van der Waals surface area contributed by atoms with E-state index in [4.69, 9.17) is 21.4 Å². The van der Waals surface area contributed by atoms with Crippen LogP contribution in [0.3, 0.4) is 0 Å². The normalized spacial score (nSPS) is 10.0. The van der Waals surface area contributed by atoms with Gasteiger partial charge in [0.1, 0.15) is 17.2 Å². The number of nitrogens with zero attached hydrogens (tertiary/aromatic N) is 1. The summed E-state index contributed by atoms with van der Waals surface area (Å²) in [7, 11) is 0. The zero-order valence-electron chi connectivity index (χ0n) is 11.9. The standard InChI is InChI=1S/C14H15N3O4S/c1-2-20-10-5-6-12(13(8-10)17(18)19)16-14(22)15-9-11-4-3-7-21-11/h3-8H,2,9H2,1H3,(H2,15,16,22). The van der Waals surface area contributed by atoms with Gasteiger partial charge in [-0.05, 0) is 43.4 Å². The summed E-state index contributed by atoms with van der Waals surface area (Å²) in [6, 6.07) is 8.14. The lowest BCUT2D eigenvalue weighted by Gasteiger charge is -2.11. The van der Waals surface area contributed by atoms with Gasteiger partial charge in [-0.3, -0.25) is 10.1 Å². The molecule has 116 valence electrons. The molecule has 0 aliphatic heterocycles. The fraction of sp³-hybridized carbons (Fsp3) is 0.214. The van der Waals surface area contributed by atoms with Gasteiger partial charge in [-0.15, -0.1) is 0 Å². The van der Waals surface area contributed by atoms with Crippen LogP contribution in [0.4, 0.5) is 11.4 Å². The summed E-state index contributed by atoms with van der Waals surface area (Å²) < 4.78 is 10.4. The largest absolute Gasteiger partial charge is 0.494 e. The first-order valence-electron chi connectivity index (χ1n) is 6.58. The van der Waals surface area contributed by atoms with Crippen molar-refractivity contribution in [3.8, 4) is 5.75 Å². The van der Waals surface area contributed by atoms with Crippen LogP contribution in [-0.2, 0) is 6.54 Å². The number of hydrogen-bond donors (Lipinski definition) is 2. The third kappa shape index (κ3) is 4.19. The lowest BCUT2D eigenvalue weighted by molar-refractivity contribution is -0.384. The van der Waals surface area contributed by atoms with E-state index in [9.17, 15) is 10.1 Å². The Morgan fingerprint density at radius 3 is 2.91 bits per heavy atom. The van der Waals surface area contributed by atoms with Crippen molar-refractivity contribution < 1.29 is 14.1 Å². The maximum absolute atomic E-state index is 11.1. The Morgan fingerprint density at radius 2 is 2.27 bits per heavy atom. The van der Waals surface area contributed by atoms with Crippen LogP contribution in [0.1, 0.15) is 12.7 Å². The predicted octanol–water partition coefficient (Wildman–Crippen LogP) is 3.07. The van der Waals surface area contributed by atoms with Gasteiger partial charge in [-0.25, -0.2) is 0 Å². The van der Waals surface area contributed by atoms with Crippen molar-refractivity contribution in [1.29, 1.82) is 0 Å². The second kappa shape index (κ2) is 7.41. The van der Waals surface area contributed by atoms with E-state index in [0.29, 0.717) is 30.3 Å². The zero-order valence-corrected chi connectivity index (χ0v) is 12.7. The van der Waals surface area contributed by atoms with Gasteiger partial charge in [0, 0.05) is 0 Å². The van der Waals surface area contributed by atoms with Gasteiger partial charge in [0.2, 0.25) is 0 Å². The SMILES string of the molecule is CCOc1ccc(NC(=S)NCc2ccco2)c([N+](=O)[O-])c1. The number of nitro groups is 1. The Morgan fingerprint density at radius 1 is 1.45 bits per heavy atom. The van der Waals surface area contributed by atoms with Crippen LogP contribution >= 0.6 is 12.2 Å². The highest BCUT2D eigenvalue weighted by Gasteiger charge is 2.16. The number of thiocarbonyl (C=S) groups is 1. The number of ether oxygens (including phenoxy) is 1. The molecule has 22 heavy (non-hydrogen) atoms. The molecule has 2 N–H and O–H groups in total. The summed E-state index contributed by atoms with van der Waals surface area (Å²) in [5.41, 5.74) is 0.193. The first-order valence-corrected chi connectivity index (χ1v) is 6.99. The van der Waals surface area contributed by atoms with Crippen molar-refractivity contribution in [2.24, 2.45) is 0 Å². The Balaban J connectivity index is 2.04. The number of hydrogen-bond acceptors (Lipinski definition) is 5. The van der Waals surface area contributed by atoms with Gasteiger partial charge >= 0.3 is 0 Å². The van der Waals surface area contributed by atoms with Crippen LogP contribution < -0.4 is 15.4 Å². The highest BCUT2D eigenvalue weighted by molar-refractivity contribution is 7.80. The number of nitro benzene ring substituents is 1. The highest BCUT2D eigenvalue weighted by Crippen LogP contribution is 2.29. The van der Waals surface area contributed by atoms with Crippen molar-refractivity contribution in [2.75, 3.05) is 11.9 Å². The van der Waals surface area contributed by atoms with E-state index in [0.717, 1.165) is 0 Å². The Kier molecular flexibility index (Phi) is 5.31. The topological polar surface area (TPSA) is 89.6 Å². The molecule has 1 heterocycles. The smallest absolute Gasteiger partial charge is 0.296 e. The summed E-state index contributed by atoms with van der Waals surface area (Å²) in [4.78, 5) is 10.6. The molecule has 8 heteroatoms. The first kappa shape index (κ1) is 15.8. The second-order valence-electron chi connectivity index (χ2n) is 4.26. The minimum atomic E-state index is -0.486. The average molecular weight is 321 g/mol. The third-order valence-corrected chi connectivity index (χ3v) is 2.97. The number of furan rings is 1. The van der Waals surface area contributed by atoms with Crippen molar-refractivity contribution >= 4 is 28.7 Å². The molecule has 0 aliphatic carbocycles. The van der Waals surface area contributed by atoms with Gasteiger partial charge < -0.3 is 19.8 Å². The molecule has 0 saturated carbocycles. The van der Waals surface area contributed by atoms with Gasteiger partial charge in [-0.2, -0.15) is 0 Å². The molecule has 0 bridgehead atoms. The van der Waals surface area contributed by atoms with E-state index in [1.165, 1.54) is 6.07 Å². The van der Waals surface area contributed by atoms with Crippen LogP contribution in [0.15, 0.2) is 41.0 Å². The minimum absolute atomic E-state index is 0.104. The molecule has 0 unspecified atom stereocenters. The summed E-state index contributed by atoms with van der Waals surface area (Å²) >= 11 is 5.12. The molecule has 0 atom stereocenters. The quantitative estimate of drug-likeness (QED) is 0.480. The van der Waals surface area contributed by atoms with Crippen LogP contribution in [0.5, 0.6) is 5.75 Å². The van der Waals surface area contributed by atoms with E-state index in [2.05, 4.69) is 10.6 Å². The van der Waals surface area contributed by atoms with Crippen LogP contribution in [0, 0.1) is 10.1 Å². The van der Waals surface area contributed by atoms with E-state index in [1.54, 1.807) is 30.5 Å². The maximum Gasteiger partial charge on any atom is 0.296 e. The molecule has 0 aliphatic rings. The van der Waals surface area contributed by atoms with Crippen molar-refractivity contribution in [3.63, 3.8) is 0 Å². The summed E-state index contributed by atoms with van der Waals surface area (Å²) in [6.07, 6.45) is 1.56. The van der Waals surface area contributed by atoms with E-state index in [-0.39, 0.29) is 10.8 Å². The van der Waals surface area contributed by atoms with Gasteiger partial charge in [0.05, 0.1) is 30.4 Å². The molecule has 0 spiro atoms. The lowest BCUT2D eigenvalue weighted by Crippen LogP contribution is -2.28. The minimum Gasteiger partial charge on any atom is -0.494 e. The molecule has 0 amide bonds. The molecule has 1 aromatic carbocycles. The first-order chi connectivity index (χ1) is 10.6. The molecular formula is C14H15N3O4S. The number of rotatable bonds is 6. The molecule has 0 saturated heterocycles. The Labute approximate surface area is 132 Å². The zero-order chi connectivity index (χ0) is 15.9. The Hall–Kier alpha value is -2.61. The van der Waals surface area contributed by atoms with Crippen molar-refractivity contribution in [2.45, 2.75) is 13.5 Å². The molecule has 0 fully saturated rings. The van der Waals surface area contributed by atoms with Crippen LogP contribution in [0.25, 0.3) is 0 Å². The van der Waals surface area contributed by atoms with E-state index in [1.807, 2.05) is 6.92 Å². The van der Waals surface area contributed by atoms with Gasteiger partial charge in [0.15, 0.2) is 5.11 Å². The molecule has 7 nitrogen and oxygen atoms in total. The van der Waals surface area contributed by atoms with E-state index < -0.39 is 4.92 Å². The summed E-state index contributed by atoms with van der Waals surface area (Å²) in [5, 5.41) is 17.1. The average Bonchev–Trinajstić information content (AvgIpc) is 3.00. The summed E-state index contributed by atoms with van der Waals surface area (Å²) in [6.45, 7) is 2.64. The third-order valence-electron chi connectivity index (χ3n) is 2.73. The fourth-order valence-corrected chi connectivity index (χ4v) is 1.95. The van der Waals surface area contributed by atoms with Crippen LogP contribution in [0.2, 0.25) is 0 Å². The summed E-state index contributed by atoms with van der Waals surface area (Å²) in [5.74, 6) is 1.15. The number of nitrogens with one attached hydrogen (secondary N) is 2. The van der Waals surface area contributed by atoms with Gasteiger partial charge in [0.25, 0.3) is 5.69 Å². The van der Waals surface area contributed by atoms with Crippen molar-refractivity contribution in [3.05, 3.63) is 52.5 Å². The number of anilines is 1. The van der Waals surface area contributed by atoms with Crippen LogP contribution in [-0.4, -0.2) is 16.6 Å². The monoisotopic (exact) mass is 321 g/mol. The molecule has 0 radical (unpaired) electrons. The van der Waals surface area contributed by atoms with Gasteiger partial charge in [-0.1, -0.05) is 0 Å². The number of benzene rings is 1. The maximum atomic E-state index is 11.1. The van der Waals surface area contributed by atoms with E-state index >= 15 is 0 Å². The fourth-order valence-electron chi connectivity index (χ4n) is 1.77. The lowest BCUT2D eigenvalue weighted by atomic mass is 10.2.